The molecule has 0 bridgehead atoms. The quantitative estimate of drug-likeness (QED) is 0.695. The smallest absolute Gasteiger partial charge is 0.271 e. The van der Waals surface area contributed by atoms with Crippen molar-refractivity contribution in [3.63, 3.8) is 0 Å². The Labute approximate surface area is 180 Å². The molecule has 0 unspecified atom stereocenters. The van der Waals surface area contributed by atoms with Crippen molar-refractivity contribution in [2.75, 3.05) is 26.7 Å². The van der Waals surface area contributed by atoms with Crippen molar-refractivity contribution >= 4 is 17.2 Å². The van der Waals surface area contributed by atoms with Gasteiger partial charge in [-0.2, -0.15) is 5.10 Å². The van der Waals surface area contributed by atoms with Crippen LogP contribution in [0.25, 0.3) is 11.3 Å². The summed E-state index contributed by atoms with van der Waals surface area (Å²) in [6, 6.07) is 12.4. The van der Waals surface area contributed by atoms with E-state index in [1.54, 1.807) is 12.0 Å². The standard InChI is InChI=1S/C23H26N4O2S/c1-29-21-5-3-2-4-18(21)19-14-20(25-24-19)23(28)26-10-6-17(7-11-26)27-12-8-22-16(15-27)9-13-30-22/h2-5,9,13-14,17H,6-8,10-12,15H2,1H3,(H,24,25). The topological polar surface area (TPSA) is 61.5 Å². The molecule has 7 heteroatoms. The number of benzene rings is 1. The molecule has 2 aliphatic heterocycles. The lowest BCUT2D eigenvalue weighted by atomic mass is 9.99. The van der Waals surface area contributed by atoms with Crippen LogP contribution >= 0.6 is 11.3 Å². The molecule has 2 aromatic heterocycles. The molecule has 1 amide bonds. The lowest BCUT2D eigenvalue weighted by Crippen LogP contribution is -2.48. The molecule has 4 heterocycles. The molecule has 0 atom stereocenters. The van der Waals surface area contributed by atoms with E-state index in [4.69, 9.17) is 4.74 Å². The number of amides is 1. The Morgan fingerprint density at radius 1 is 1.20 bits per heavy atom. The van der Waals surface area contributed by atoms with Crippen LogP contribution in [0.15, 0.2) is 41.8 Å². The first kappa shape index (κ1) is 19.3. The molecule has 1 fully saturated rings. The molecule has 3 aromatic rings. The number of aromatic amines is 1. The molecule has 0 aliphatic carbocycles. The number of aromatic nitrogens is 2. The third-order valence-electron chi connectivity index (χ3n) is 6.30. The van der Waals surface area contributed by atoms with Crippen LogP contribution in [0, 0.1) is 0 Å². The molecular formula is C23H26N4O2S. The lowest BCUT2D eigenvalue weighted by molar-refractivity contribution is 0.0595. The van der Waals surface area contributed by atoms with Gasteiger partial charge in [0.1, 0.15) is 11.4 Å². The number of likely N-dealkylation sites (tertiary alicyclic amines) is 1. The summed E-state index contributed by atoms with van der Waals surface area (Å²) in [4.78, 5) is 19.1. The van der Waals surface area contributed by atoms with Gasteiger partial charge in [0.2, 0.25) is 0 Å². The second kappa shape index (κ2) is 8.24. The fourth-order valence-corrected chi connectivity index (χ4v) is 5.50. The average Bonchev–Trinajstić information content (AvgIpc) is 3.48. The summed E-state index contributed by atoms with van der Waals surface area (Å²) in [7, 11) is 1.64. The van der Waals surface area contributed by atoms with E-state index in [2.05, 4.69) is 26.5 Å². The highest BCUT2D eigenvalue weighted by Gasteiger charge is 2.30. The highest BCUT2D eigenvalue weighted by molar-refractivity contribution is 7.10. The largest absolute Gasteiger partial charge is 0.496 e. The molecule has 5 rings (SSSR count). The molecule has 30 heavy (non-hydrogen) atoms. The van der Waals surface area contributed by atoms with Crippen LogP contribution in [0.4, 0.5) is 0 Å². The maximum Gasteiger partial charge on any atom is 0.271 e. The summed E-state index contributed by atoms with van der Waals surface area (Å²) < 4.78 is 5.42. The normalized spacial score (nSPS) is 17.7. The van der Waals surface area contributed by atoms with E-state index in [1.807, 2.05) is 46.6 Å². The average molecular weight is 423 g/mol. The summed E-state index contributed by atoms with van der Waals surface area (Å²) in [6.45, 7) is 3.77. The van der Waals surface area contributed by atoms with Gasteiger partial charge in [-0.25, -0.2) is 0 Å². The van der Waals surface area contributed by atoms with Gasteiger partial charge in [-0.15, -0.1) is 11.3 Å². The van der Waals surface area contributed by atoms with Gasteiger partial charge in [0.05, 0.1) is 12.8 Å². The number of rotatable bonds is 4. The van der Waals surface area contributed by atoms with Gasteiger partial charge in [0, 0.05) is 42.7 Å². The summed E-state index contributed by atoms with van der Waals surface area (Å²) in [5.74, 6) is 0.778. The zero-order chi connectivity index (χ0) is 20.5. The van der Waals surface area contributed by atoms with Crippen molar-refractivity contribution in [1.29, 1.82) is 0 Å². The molecule has 1 saturated heterocycles. The number of thiophene rings is 1. The van der Waals surface area contributed by atoms with Gasteiger partial charge in [-0.1, -0.05) is 12.1 Å². The number of hydrogen-bond donors (Lipinski definition) is 1. The van der Waals surface area contributed by atoms with E-state index < -0.39 is 0 Å². The molecule has 156 valence electrons. The van der Waals surface area contributed by atoms with Crippen LogP contribution in [0.5, 0.6) is 5.75 Å². The summed E-state index contributed by atoms with van der Waals surface area (Å²) in [6.07, 6.45) is 3.21. The SMILES string of the molecule is COc1ccccc1-c1cc(C(=O)N2CCC(N3CCc4sccc4C3)CC2)[nH]n1. The monoisotopic (exact) mass is 422 g/mol. The van der Waals surface area contributed by atoms with Crippen LogP contribution in [0.2, 0.25) is 0 Å². The summed E-state index contributed by atoms with van der Waals surface area (Å²) in [5.41, 5.74) is 3.64. The molecule has 0 spiro atoms. The highest BCUT2D eigenvalue weighted by Crippen LogP contribution is 2.30. The van der Waals surface area contributed by atoms with Gasteiger partial charge in [-0.05, 0) is 54.5 Å². The van der Waals surface area contributed by atoms with Crippen molar-refractivity contribution in [2.24, 2.45) is 0 Å². The maximum atomic E-state index is 13.0. The molecule has 6 nitrogen and oxygen atoms in total. The molecular weight excluding hydrogens is 396 g/mol. The first-order valence-corrected chi connectivity index (χ1v) is 11.4. The Kier molecular flexibility index (Phi) is 5.31. The van der Waals surface area contributed by atoms with Crippen LogP contribution in [0.1, 0.15) is 33.8 Å². The summed E-state index contributed by atoms with van der Waals surface area (Å²) in [5, 5.41) is 9.49. The van der Waals surface area contributed by atoms with Crippen LogP contribution in [-0.4, -0.2) is 58.7 Å². The minimum atomic E-state index is 0.0286. The third kappa shape index (κ3) is 3.63. The zero-order valence-corrected chi connectivity index (χ0v) is 18.0. The Balaban J connectivity index is 1.22. The molecule has 0 saturated carbocycles. The Hall–Kier alpha value is -2.64. The maximum absolute atomic E-state index is 13.0. The van der Waals surface area contributed by atoms with Crippen LogP contribution < -0.4 is 4.74 Å². The molecule has 1 aromatic carbocycles. The fraction of sp³-hybridized carbons (Fsp3) is 0.391. The second-order valence-electron chi connectivity index (χ2n) is 7.98. The van der Waals surface area contributed by atoms with E-state index in [1.165, 1.54) is 5.56 Å². The Morgan fingerprint density at radius 3 is 2.87 bits per heavy atom. The number of nitrogens with zero attached hydrogens (tertiary/aromatic N) is 3. The number of hydrogen-bond acceptors (Lipinski definition) is 5. The van der Waals surface area contributed by atoms with Gasteiger partial charge in [0.15, 0.2) is 0 Å². The van der Waals surface area contributed by atoms with Gasteiger partial charge >= 0.3 is 0 Å². The predicted molar refractivity (Wildman–Crippen MR) is 118 cm³/mol. The number of fused-ring (bicyclic) bond motifs is 1. The van der Waals surface area contributed by atoms with Crippen molar-refractivity contribution in [1.82, 2.24) is 20.0 Å². The van der Waals surface area contributed by atoms with E-state index in [0.717, 1.165) is 62.4 Å². The number of para-hydroxylation sites is 1. The molecule has 1 N–H and O–H groups in total. The van der Waals surface area contributed by atoms with Crippen LogP contribution in [-0.2, 0) is 13.0 Å². The second-order valence-corrected chi connectivity index (χ2v) is 8.98. The van der Waals surface area contributed by atoms with Gasteiger partial charge in [-0.3, -0.25) is 14.8 Å². The minimum Gasteiger partial charge on any atom is -0.496 e. The van der Waals surface area contributed by atoms with Crippen molar-refractivity contribution in [3.05, 3.63) is 57.9 Å². The van der Waals surface area contributed by atoms with Crippen molar-refractivity contribution in [3.8, 4) is 17.0 Å². The number of ether oxygens (including phenoxy) is 1. The lowest BCUT2D eigenvalue weighted by Gasteiger charge is -2.40. The first-order chi connectivity index (χ1) is 14.7. The van der Waals surface area contributed by atoms with E-state index in [-0.39, 0.29) is 5.91 Å². The van der Waals surface area contributed by atoms with Crippen molar-refractivity contribution < 1.29 is 9.53 Å². The number of carbonyl (C=O) groups excluding carboxylic acids is 1. The third-order valence-corrected chi connectivity index (χ3v) is 7.32. The minimum absolute atomic E-state index is 0.0286. The van der Waals surface area contributed by atoms with Gasteiger partial charge in [0.25, 0.3) is 5.91 Å². The van der Waals surface area contributed by atoms with Crippen molar-refractivity contribution in [2.45, 2.75) is 31.8 Å². The van der Waals surface area contributed by atoms with E-state index >= 15 is 0 Å². The van der Waals surface area contributed by atoms with E-state index in [0.29, 0.717) is 11.7 Å². The first-order valence-electron chi connectivity index (χ1n) is 10.5. The number of piperidine rings is 1. The van der Waals surface area contributed by atoms with Gasteiger partial charge < -0.3 is 9.64 Å². The number of carbonyl (C=O) groups is 1. The van der Waals surface area contributed by atoms with E-state index in [9.17, 15) is 4.79 Å². The Morgan fingerprint density at radius 2 is 2.03 bits per heavy atom. The fourth-order valence-electron chi connectivity index (χ4n) is 4.61. The Bertz CT molecular complexity index is 1040. The van der Waals surface area contributed by atoms with Crippen LogP contribution in [0.3, 0.4) is 0 Å². The summed E-state index contributed by atoms with van der Waals surface area (Å²) >= 11 is 1.88. The number of H-pyrrole nitrogens is 1. The number of nitrogens with one attached hydrogen (secondary N) is 1. The molecule has 0 radical (unpaired) electrons. The predicted octanol–water partition coefficient (Wildman–Crippen LogP) is 3.81. The number of methoxy groups -OCH3 is 1. The highest BCUT2D eigenvalue weighted by atomic mass is 32.1. The molecule has 2 aliphatic rings. The zero-order valence-electron chi connectivity index (χ0n) is 17.1.